The van der Waals surface area contributed by atoms with Gasteiger partial charge >= 0.3 is 0 Å². The summed E-state index contributed by atoms with van der Waals surface area (Å²) >= 11 is 6.07. The van der Waals surface area contributed by atoms with Crippen molar-refractivity contribution < 1.29 is 9.90 Å². The second-order valence-corrected chi connectivity index (χ2v) is 6.48. The summed E-state index contributed by atoms with van der Waals surface area (Å²) in [5, 5.41) is 17.9. The Kier molecular flexibility index (Phi) is 7.34. The van der Waals surface area contributed by atoms with Gasteiger partial charge in [0.15, 0.2) is 5.15 Å². The largest absolute Gasteiger partial charge is 0.483 e. The van der Waals surface area contributed by atoms with Gasteiger partial charge in [-0.1, -0.05) is 35.9 Å². The van der Waals surface area contributed by atoms with E-state index in [1.54, 1.807) is 6.07 Å². The van der Waals surface area contributed by atoms with Gasteiger partial charge in [0.25, 0.3) is 12.0 Å². The number of fused-ring (bicyclic) bond motifs is 1. The second-order valence-electron chi connectivity index (χ2n) is 6.12. The van der Waals surface area contributed by atoms with Crippen LogP contribution < -0.4 is 10.9 Å². The molecule has 0 radical (unpaired) electrons. The molecule has 8 heteroatoms. The number of halogens is 1. The molecule has 0 aliphatic carbocycles. The van der Waals surface area contributed by atoms with Crippen molar-refractivity contribution >= 4 is 34.5 Å². The van der Waals surface area contributed by atoms with E-state index in [2.05, 4.69) is 58.8 Å². The number of H-pyrrole nitrogens is 1. The van der Waals surface area contributed by atoms with Crippen molar-refractivity contribution in [3.63, 3.8) is 0 Å². The van der Waals surface area contributed by atoms with E-state index in [0.717, 1.165) is 12.2 Å². The van der Waals surface area contributed by atoms with Crippen LogP contribution in [0, 0.1) is 0 Å². The van der Waals surface area contributed by atoms with Crippen molar-refractivity contribution in [3.8, 4) is 0 Å². The maximum absolute atomic E-state index is 11.7. The molecule has 27 heavy (non-hydrogen) atoms. The molecule has 1 aromatic heterocycles. The van der Waals surface area contributed by atoms with Gasteiger partial charge in [-0.05, 0) is 43.4 Å². The van der Waals surface area contributed by atoms with Crippen molar-refractivity contribution in [2.75, 3.05) is 19.4 Å². The zero-order valence-corrected chi connectivity index (χ0v) is 15.8. The molecule has 0 aliphatic heterocycles. The molecule has 0 atom stereocenters. The molecule has 0 saturated carbocycles. The fraction of sp³-hybridized carbons (Fsp3) is 0.211. The third-order valence-electron chi connectivity index (χ3n) is 3.73. The first-order valence-corrected chi connectivity index (χ1v) is 8.54. The number of aromatic nitrogens is 2. The van der Waals surface area contributed by atoms with Crippen molar-refractivity contribution in [2.45, 2.75) is 13.1 Å². The van der Waals surface area contributed by atoms with Gasteiger partial charge in [0.1, 0.15) is 0 Å². The quantitative estimate of drug-likeness (QED) is 0.581. The van der Waals surface area contributed by atoms with Crippen LogP contribution >= 0.6 is 11.6 Å². The number of nitrogens with one attached hydrogen (secondary N) is 2. The predicted octanol–water partition coefficient (Wildman–Crippen LogP) is 2.95. The zero-order chi connectivity index (χ0) is 19.8. The Bertz CT molecular complexity index is 973. The zero-order valence-electron chi connectivity index (χ0n) is 15.1. The van der Waals surface area contributed by atoms with E-state index in [4.69, 9.17) is 21.5 Å². The number of benzene rings is 2. The SMILES string of the molecule is CN(C)Cc1cccc(CNc2ccc3c(=O)[nH]nc(Cl)c3c2)c1.O=CO. The van der Waals surface area contributed by atoms with Crippen molar-refractivity contribution in [1.82, 2.24) is 15.1 Å². The lowest BCUT2D eigenvalue weighted by molar-refractivity contribution is -0.122. The van der Waals surface area contributed by atoms with Gasteiger partial charge in [0, 0.05) is 24.2 Å². The third kappa shape index (κ3) is 5.80. The van der Waals surface area contributed by atoms with E-state index in [0.29, 0.717) is 22.5 Å². The summed E-state index contributed by atoms with van der Waals surface area (Å²) in [7, 11) is 4.11. The summed E-state index contributed by atoms with van der Waals surface area (Å²) < 4.78 is 0. The molecule has 0 unspecified atom stereocenters. The Morgan fingerprint density at radius 1 is 1.19 bits per heavy atom. The van der Waals surface area contributed by atoms with Crippen LogP contribution in [0.4, 0.5) is 5.69 Å². The monoisotopic (exact) mass is 388 g/mol. The fourth-order valence-electron chi connectivity index (χ4n) is 2.65. The number of rotatable bonds is 5. The van der Waals surface area contributed by atoms with Crippen LogP contribution in [0.5, 0.6) is 0 Å². The highest BCUT2D eigenvalue weighted by Gasteiger charge is 2.06. The number of carbonyl (C=O) groups is 1. The van der Waals surface area contributed by atoms with Crippen LogP contribution in [0.3, 0.4) is 0 Å². The molecule has 0 bridgehead atoms. The van der Waals surface area contributed by atoms with Crippen molar-refractivity contribution in [1.29, 1.82) is 0 Å². The van der Waals surface area contributed by atoms with E-state index in [1.807, 2.05) is 12.1 Å². The van der Waals surface area contributed by atoms with Crippen LogP contribution in [0.1, 0.15) is 11.1 Å². The van der Waals surface area contributed by atoms with Crippen molar-refractivity contribution in [2.24, 2.45) is 0 Å². The summed E-state index contributed by atoms with van der Waals surface area (Å²) in [5.41, 5.74) is 3.13. The molecule has 2 aromatic carbocycles. The summed E-state index contributed by atoms with van der Waals surface area (Å²) in [6, 6.07) is 13.9. The summed E-state index contributed by atoms with van der Waals surface area (Å²) in [6.07, 6.45) is 0. The summed E-state index contributed by atoms with van der Waals surface area (Å²) in [6.45, 7) is 1.36. The minimum Gasteiger partial charge on any atom is -0.483 e. The van der Waals surface area contributed by atoms with Crippen LogP contribution in [-0.4, -0.2) is 40.8 Å². The van der Waals surface area contributed by atoms with E-state index in [1.165, 1.54) is 11.1 Å². The lowest BCUT2D eigenvalue weighted by Gasteiger charge is -2.12. The van der Waals surface area contributed by atoms with Crippen LogP contribution in [0.25, 0.3) is 10.8 Å². The van der Waals surface area contributed by atoms with Gasteiger partial charge in [-0.15, -0.1) is 0 Å². The number of nitrogens with zero attached hydrogens (tertiary/aromatic N) is 2. The fourth-order valence-corrected chi connectivity index (χ4v) is 2.85. The Morgan fingerprint density at radius 3 is 2.59 bits per heavy atom. The van der Waals surface area contributed by atoms with Crippen LogP contribution in [0.2, 0.25) is 5.15 Å². The highest BCUT2D eigenvalue weighted by Crippen LogP contribution is 2.22. The molecule has 142 valence electrons. The Morgan fingerprint density at radius 2 is 1.89 bits per heavy atom. The lowest BCUT2D eigenvalue weighted by atomic mass is 10.1. The topological polar surface area (TPSA) is 98.3 Å². The number of carboxylic acid groups (broad SMARTS) is 1. The molecule has 0 spiro atoms. The van der Waals surface area contributed by atoms with Gasteiger partial charge in [-0.25, -0.2) is 5.10 Å². The standard InChI is InChI=1S/C18H19ClN4O.CH2O2/c1-23(2)11-13-5-3-4-12(8-13)10-20-14-6-7-15-16(9-14)17(19)21-22-18(15)24;2-1-3/h3-9,20H,10-11H2,1-2H3,(H,22,24);1H,(H,2,3). The average molecular weight is 389 g/mol. The first kappa shape index (κ1) is 20.4. The minimum atomic E-state index is -0.250. The summed E-state index contributed by atoms with van der Waals surface area (Å²) in [4.78, 5) is 22.2. The smallest absolute Gasteiger partial charge is 0.290 e. The Balaban J connectivity index is 0.000000817. The number of hydrogen-bond acceptors (Lipinski definition) is 5. The Labute approximate surface area is 161 Å². The van der Waals surface area contributed by atoms with E-state index < -0.39 is 0 Å². The molecule has 0 saturated heterocycles. The molecule has 3 N–H and O–H groups in total. The van der Waals surface area contributed by atoms with Gasteiger partial charge in [-0.2, -0.15) is 5.10 Å². The minimum absolute atomic E-state index is 0.239. The highest BCUT2D eigenvalue weighted by molar-refractivity contribution is 6.34. The molecule has 0 fully saturated rings. The van der Waals surface area contributed by atoms with Crippen LogP contribution in [0.15, 0.2) is 47.3 Å². The van der Waals surface area contributed by atoms with Crippen LogP contribution in [-0.2, 0) is 17.9 Å². The summed E-state index contributed by atoms with van der Waals surface area (Å²) in [5.74, 6) is 0. The highest BCUT2D eigenvalue weighted by atomic mass is 35.5. The molecule has 3 rings (SSSR count). The molecule has 1 heterocycles. The number of anilines is 1. The molecule has 3 aromatic rings. The maximum atomic E-state index is 11.7. The normalized spacial score (nSPS) is 10.4. The van der Waals surface area contributed by atoms with E-state index in [9.17, 15) is 4.79 Å². The molecule has 0 aliphatic rings. The third-order valence-corrected chi connectivity index (χ3v) is 4.02. The van der Waals surface area contributed by atoms with Gasteiger partial charge in [0.2, 0.25) is 0 Å². The van der Waals surface area contributed by atoms with Gasteiger partial charge in [0.05, 0.1) is 5.39 Å². The molecular weight excluding hydrogens is 368 g/mol. The predicted molar refractivity (Wildman–Crippen MR) is 107 cm³/mol. The Hall–Kier alpha value is -2.90. The number of aromatic amines is 1. The lowest BCUT2D eigenvalue weighted by Crippen LogP contribution is -2.11. The first-order chi connectivity index (χ1) is 12.9. The maximum Gasteiger partial charge on any atom is 0.290 e. The second kappa shape index (κ2) is 9.70. The van der Waals surface area contributed by atoms with E-state index in [-0.39, 0.29) is 12.0 Å². The van der Waals surface area contributed by atoms with Gasteiger partial charge < -0.3 is 15.3 Å². The first-order valence-electron chi connectivity index (χ1n) is 8.16. The van der Waals surface area contributed by atoms with Gasteiger partial charge in [-0.3, -0.25) is 9.59 Å². The van der Waals surface area contributed by atoms with E-state index >= 15 is 0 Å². The number of hydrogen-bond donors (Lipinski definition) is 3. The molecular formula is C19H21ClN4O3. The van der Waals surface area contributed by atoms with Crippen molar-refractivity contribution in [3.05, 3.63) is 69.1 Å². The molecule has 0 amide bonds. The molecule has 7 nitrogen and oxygen atoms in total. The average Bonchev–Trinajstić information content (AvgIpc) is 2.64.